The van der Waals surface area contributed by atoms with Gasteiger partial charge in [-0.15, -0.1) is 0 Å². The maximum absolute atomic E-state index is 12.1. The van der Waals surface area contributed by atoms with Crippen LogP contribution in [0, 0.1) is 0 Å². The molecule has 4 nitrogen and oxygen atoms in total. The molecule has 1 amide bonds. The SMILES string of the molecule is O=C(NCCC(O)c1ccccc1)OCC1c2ccccc2-c2ccccc21. The van der Waals surface area contributed by atoms with Crippen LogP contribution < -0.4 is 5.32 Å². The standard InChI is InChI=1S/C24H23NO3/c26-23(17-8-2-1-3-9-17)14-15-25-24(27)28-16-22-20-12-6-4-10-18(20)19-11-5-7-13-21(19)22/h1-13,22-23,26H,14-16H2,(H,25,27). The summed E-state index contributed by atoms with van der Waals surface area (Å²) in [6.45, 7) is 0.647. The first-order valence-electron chi connectivity index (χ1n) is 9.56. The molecule has 1 unspecified atom stereocenters. The number of benzene rings is 3. The lowest BCUT2D eigenvalue weighted by atomic mass is 9.98. The summed E-state index contributed by atoms with van der Waals surface area (Å²) < 4.78 is 5.50. The second-order valence-corrected chi connectivity index (χ2v) is 6.97. The first-order chi connectivity index (χ1) is 13.7. The minimum Gasteiger partial charge on any atom is -0.449 e. The summed E-state index contributed by atoms with van der Waals surface area (Å²) in [5, 5.41) is 12.9. The Morgan fingerprint density at radius 2 is 1.46 bits per heavy atom. The first kappa shape index (κ1) is 18.3. The van der Waals surface area contributed by atoms with Gasteiger partial charge in [-0.3, -0.25) is 0 Å². The molecule has 0 saturated heterocycles. The van der Waals surface area contributed by atoms with Crippen molar-refractivity contribution in [3.63, 3.8) is 0 Å². The van der Waals surface area contributed by atoms with Crippen LogP contribution in [0.2, 0.25) is 0 Å². The van der Waals surface area contributed by atoms with Crippen molar-refractivity contribution in [2.45, 2.75) is 18.4 Å². The number of aliphatic hydroxyl groups excluding tert-OH is 1. The van der Waals surface area contributed by atoms with E-state index in [-0.39, 0.29) is 5.92 Å². The molecule has 0 aromatic heterocycles. The lowest BCUT2D eigenvalue weighted by Gasteiger charge is -2.15. The van der Waals surface area contributed by atoms with Gasteiger partial charge >= 0.3 is 6.09 Å². The number of ether oxygens (including phenoxy) is 1. The highest BCUT2D eigenvalue weighted by molar-refractivity contribution is 5.79. The number of rotatable bonds is 6. The van der Waals surface area contributed by atoms with E-state index < -0.39 is 12.2 Å². The molecule has 1 atom stereocenters. The number of fused-ring (bicyclic) bond motifs is 3. The van der Waals surface area contributed by atoms with Gasteiger partial charge in [0, 0.05) is 12.5 Å². The number of alkyl carbamates (subject to hydrolysis) is 1. The van der Waals surface area contributed by atoms with Gasteiger partial charge in [0.05, 0.1) is 6.10 Å². The van der Waals surface area contributed by atoms with Crippen LogP contribution in [0.15, 0.2) is 78.9 Å². The van der Waals surface area contributed by atoms with Gasteiger partial charge in [0.25, 0.3) is 0 Å². The van der Waals surface area contributed by atoms with Gasteiger partial charge in [-0.1, -0.05) is 78.9 Å². The molecule has 0 radical (unpaired) electrons. The zero-order chi connectivity index (χ0) is 19.3. The van der Waals surface area contributed by atoms with E-state index in [2.05, 4.69) is 29.6 Å². The van der Waals surface area contributed by atoms with Crippen LogP contribution in [-0.4, -0.2) is 24.4 Å². The predicted octanol–water partition coefficient (Wildman–Crippen LogP) is 4.65. The normalized spacial score (nSPS) is 13.5. The number of hydrogen-bond acceptors (Lipinski definition) is 3. The average molecular weight is 373 g/mol. The average Bonchev–Trinajstić information content (AvgIpc) is 3.07. The third kappa shape index (κ3) is 3.78. The van der Waals surface area contributed by atoms with E-state index in [1.54, 1.807) is 0 Å². The van der Waals surface area contributed by atoms with Gasteiger partial charge in [0.1, 0.15) is 6.61 Å². The molecule has 0 saturated carbocycles. The van der Waals surface area contributed by atoms with Crippen LogP contribution in [0.4, 0.5) is 4.79 Å². The zero-order valence-corrected chi connectivity index (χ0v) is 15.5. The first-order valence-corrected chi connectivity index (χ1v) is 9.56. The Hall–Kier alpha value is -3.11. The molecule has 1 aliphatic carbocycles. The van der Waals surface area contributed by atoms with Gasteiger partial charge < -0.3 is 15.2 Å². The summed E-state index contributed by atoms with van der Waals surface area (Å²) in [6, 6.07) is 25.9. The van der Waals surface area contributed by atoms with Crippen molar-refractivity contribution < 1.29 is 14.6 Å². The lowest BCUT2D eigenvalue weighted by Crippen LogP contribution is -2.27. The van der Waals surface area contributed by atoms with Crippen LogP contribution in [0.3, 0.4) is 0 Å². The number of amides is 1. The van der Waals surface area contributed by atoms with Gasteiger partial charge in [0.15, 0.2) is 0 Å². The number of hydrogen-bond donors (Lipinski definition) is 2. The Labute approximate surface area is 164 Å². The van der Waals surface area contributed by atoms with Crippen molar-refractivity contribution in [3.05, 3.63) is 95.6 Å². The minimum atomic E-state index is -0.602. The van der Waals surface area contributed by atoms with Crippen LogP contribution in [-0.2, 0) is 4.74 Å². The Morgan fingerprint density at radius 3 is 2.11 bits per heavy atom. The fourth-order valence-electron chi connectivity index (χ4n) is 3.80. The molecule has 0 heterocycles. The molecule has 4 heteroatoms. The van der Waals surface area contributed by atoms with E-state index in [1.807, 2.05) is 54.6 Å². The van der Waals surface area contributed by atoms with Crippen molar-refractivity contribution in [2.24, 2.45) is 0 Å². The van der Waals surface area contributed by atoms with Crippen LogP contribution >= 0.6 is 0 Å². The third-order valence-corrected chi connectivity index (χ3v) is 5.22. The number of nitrogens with one attached hydrogen (secondary N) is 1. The van der Waals surface area contributed by atoms with Crippen LogP contribution in [0.25, 0.3) is 11.1 Å². The van der Waals surface area contributed by atoms with Crippen molar-refractivity contribution in [2.75, 3.05) is 13.2 Å². The fourth-order valence-corrected chi connectivity index (χ4v) is 3.80. The Balaban J connectivity index is 1.32. The molecular formula is C24H23NO3. The number of aliphatic hydroxyl groups is 1. The van der Waals surface area contributed by atoms with E-state index in [0.29, 0.717) is 19.6 Å². The molecular weight excluding hydrogens is 350 g/mol. The van der Waals surface area contributed by atoms with Crippen molar-refractivity contribution in [1.82, 2.24) is 5.32 Å². The second-order valence-electron chi connectivity index (χ2n) is 6.97. The number of carbonyl (C=O) groups excluding carboxylic acids is 1. The maximum atomic E-state index is 12.1. The summed E-state index contributed by atoms with van der Waals surface area (Å²) in [6.07, 6.45) is -0.619. The Kier molecular flexibility index (Phi) is 5.40. The van der Waals surface area contributed by atoms with Crippen molar-refractivity contribution in [1.29, 1.82) is 0 Å². The third-order valence-electron chi connectivity index (χ3n) is 5.22. The highest BCUT2D eigenvalue weighted by atomic mass is 16.5. The Bertz CT molecular complexity index is 909. The molecule has 142 valence electrons. The van der Waals surface area contributed by atoms with Crippen LogP contribution in [0.5, 0.6) is 0 Å². The largest absolute Gasteiger partial charge is 0.449 e. The quantitative estimate of drug-likeness (QED) is 0.661. The lowest BCUT2D eigenvalue weighted by molar-refractivity contribution is 0.136. The molecule has 0 bridgehead atoms. The number of carbonyl (C=O) groups is 1. The van der Waals surface area contributed by atoms with E-state index in [4.69, 9.17) is 4.74 Å². The van der Waals surface area contributed by atoms with E-state index in [0.717, 1.165) is 5.56 Å². The van der Waals surface area contributed by atoms with Gasteiger partial charge in [-0.2, -0.15) is 0 Å². The molecule has 4 rings (SSSR count). The monoisotopic (exact) mass is 373 g/mol. The highest BCUT2D eigenvalue weighted by Gasteiger charge is 2.28. The molecule has 2 N–H and O–H groups in total. The topological polar surface area (TPSA) is 58.6 Å². The predicted molar refractivity (Wildman–Crippen MR) is 109 cm³/mol. The molecule has 1 aliphatic rings. The molecule has 0 spiro atoms. The smallest absolute Gasteiger partial charge is 0.407 e. The van der Waals surface area contributed by atoms with E-state index in [9.17, 15) is 9.90 Å². The van der Waals surface area contributed by atoms with Gasteiger partial charge in [-0.05, 0) is 34.2 Å². The maximum Gasteiger partial charge on any atom is 0.407 e. The summed E-state index contributed by atoms with van der Waals surface area (Å²) >= 11 is 0. The molecule has 0 aliphatic heterocycles. The van der Waals surface area contributed by atoms with Crippen molar-refractivity contribution in [3.8, 4) is 11.1 Å². The zero-order valence-electron chi connectivity index (χ0n) is 15.5. The molecule has 3 aromatic carbocycles. The molecule has 0 fully saturated rings. The van der Waals surface area contributed by atoms with Gasteiger partial charge in [0.2, 0.25) is 0 Å². The summed E-state index contributed by atoms with van der Waals surface area (Å²) in [5.74, 6) is 0.0491. The second kappa shape index (κ2) is 8.28. The fraction of sp³-hybridized carbons (Fsp3) is 0.208. The molecule has 28 heavy (non-hydrogen) atoms. The van der Waals surface area contributed by atoms with E-state index >= 15 is 0 Å². The summed E-state index contributed by atoms with van der Waals surface area (Å²) in [4.78, 5) is 12.1. The van der Waals surface area contributed by atoms with E-state index in [1.165, 1.54) is 22.3 Å². The highest BCUT2D eigenvalue weighted by Crippen LogP contribution is 2.44. The Morgan fingerprint density at radius 1 is 0.893 bits per heavy atom. The van der Waals surface area contributed by atoms with Crippen molar-refractivity contribution >= 4 is 6.09 Å². The molecule has 3 aromatic rings. The summed E-state index contributed by atoms with van der Waals surface area (Å²) in [7, 11) is 0. The van der Waals surface area contributed by atoms with Crippen LogP contribution in [0.1, 0.15) is 35.1 Å². The van der Waals surface area contributed by atoms with Gasteiger partial charge in [-0.25, -0.2) is 4.79 Å². The summed E-state index contributed by atoms with van der Waals surface area (Å²) in [5.41, 5.74) is 5.64. The minimum absolute atomic E-state index is 0.0491.